The van der Waals surface area contributed by atoms with Crippen molar-refractivity contribution in [1.29, 1.82) is 0 Å². The third-order valence-corrected chi connectivity index (χ3v) is 3.78. The highest BCUT2D eigenvalue weighted by atomic mass is 19.4. The zero-order valence-corrected chi connectivity index (χ0v) is 15.0. The van der Waals surface area contributed by atoms with E-state index >= 15 is 0 Å². The highest BCUT2D eigenvalue weighted by Crippen LogP contribution is 2.38. The minimum absolute atomic E-state index is 0.0322. The largest absolute Gasteiger partial charge is 0.463 e. The Kier molecular flexibility index (Phi) is 5.43. The highest BCUT2D eigenvalue weighted by Gasteiger charge is 2.51. The van der Waals surface area contributed by atoms with Crippen LogP contribution < -0.4 is 4.74 Å². The van der Waals surface area contributed by atoms with Gasteiger partial charge in [-0.3, -0.25) is 0 Å². The molecule has 158 valence electrons. The number of azo groups is 1. The van der Waals surface area contributed by atoms with E-state index in [4.69, 9.17) is 4.84 Å². The Bertz CT molecular complexity index is 871. The number of ether oxygens (including phenoxy) is 2. The maximum atomic E-state index is 14.1. The summed E-state index contributed by atoms with van der Waals surface area (Å²) in [5.74, 6) is -2.20. The molecule has 0 aliphatic carbocycles. The van der Waals surface area contributed by atoms with Gasteiger partial charge in [0.05, 0.1) is 6.61 Å². The van der Waals surface area contributed by atoms with E-state index in [1.165, 1.54) is 19.1 Å². The average molecular weight is 424 g/mol. The number of aromatic nitrogens is 1. The van der Waals surface area contributed by atoms with Gasteiger partial charge < -0.3 is 14.3 Å². The van der Waals surface area contributed by atoms with Crippen molar-refractivity contribution in [3.63, 3.8) is 0 Å². The van der Waals surface area contributed by atoms with E-state index in [0.29, 0.717) is 12.0 Å². The molecule has 13 heteroatoms. The smallest absolute Gasteiger partial charge is 0.425 e. The average Bonchev–Trinajstić information content (AvgIpc) is 3.06. The lowest BCUT2D eigenvalue weighted by Crippen LogP contribution is -2.45. The highest BCUT2D eigenvalue weighted by molar-refractivity contribution is 5.62. The van der Waals surface area contributed by atoms with E-state index in [1.54, 1.807) is 0 Å². The molecular formula is C16H14F6N4O3. The van der Waals surface area contributed by atoms with Crippen molar-refractivity contribution in [2.75, 3.05) is 6.61 Å². The molecule has 0 N–H and O–H groups in total. The van der Waals surface area contributed by atoms with E-state index in [1.807, 2.05) is 0 Å². The van der Waals surface area contributed by atoms with Gasteiger partial charge in [0.25, 0.3) is 12.0 Å². The zero-order valence-electron chi connectivity index (χ0n) is 15.0. The summed E-state index contributed by atoms with van der Waals surface area (Å²) in [7, 11) is 0. The second-order valence-electron chi connectivity index (χ2n) is 5.87. The summed E-state index contributed by atoms with van der Waals surface area (Å²) in [6.45, 7) is 1.78. The van der Waals surface area contributed by atoms with Crippen LogP contribution in [0.1, 0.15) is 19.4 Å². The SMILES string of the molecule is CCOC(F)(F)C1N=NC2=CC=C(c3cnc(O[C@H](C)C(F)(F)F)c(F)c3)ON21. The number of pyridine rings is 1. The number of rotatable bonds is 6. The van der Waals surface area contributed by atoms with Crippen LogP contribution in [0.2, 0.25) is 0 Å². The summed E-state index contributed by atoms with van der Waals surface area (Å²) < 4.78 is 88.7. The first-order valence-corrected chi connectivity index (χ1v) is 8.24. The predicted octanol–water partition coefficient (Wildman–Crippen LogP) is 4.40. The molecule has 2 atom stereocenters. The van der Waals surface area contributed by atoms with E-state index in [0.717, 1.165) is 12.3 Å². The third kappa shape index (κ3) is 4.28. The van der Waals surface area contributed by atoms with Crippen LogP contribution in [0, 0.1) is 5.82 Å². The fourth-order valence-corrected chi connectivity index (χ4v) is 2.32. The lowest BCUT2D eigenvalue weighted by molar-refractivity contribution is -0.294. The maximum Gasteiger partial charge on any atom is 0.425 e. The van der Waals surface area contributed by atoms with Gasteiger partial charge in [0.2, 0.25) is 0 Å². The second kappa shape index (κ2) is 7.54. The molecule has 0 aromatic carbocycles. The molecule has 3 rings (SSSR count). The lowest BCUT2D eigenvalue weighted by Gasteiger charge is -2.30. The van der Waals surface area contributed by atoms with Crippen LogP contribution in [-0.2, 0) is 9.57 Å². The van der Waals surface area contributed by atoms with Crippen LogP contribution in [0.5, 0.6) is 5.88 Å². The number of alkyl halides is 5. The van der Waals surface area contributed by atoms with E-state index in [-0.39, 0.29) is 23.8 Å². The Morgan fingerprint density at radius 3 is 2.59 bits per heavy atom. The summed E-state index contributed by atoms with van der Waals surface area (Å²) in [4.78, 5) is 8.84. The molecule has 29 heavy (non-hydrogen) atoms. The molecule has 0 radical (unpaired) electrons. The molecule has 0 amide bonds. The van der Waals surface area contributed by atoms with Crippen molar-refractivity contribution in [2.24, 2.45) is 10.2 Å². The van der Waals surface area contributed by atoms with Crippen molar-refractivity contribution in [3.8, 4) is 5.88 Å². The topological polar surface area (TPSA) is 68.5 Å². The number of hydroxylamine groups is 2. The Hall–Kier alpha value is -2.83. The minimum Gasteiger partial charge on any atom is -0.463 e. The second-order valence-corrected chi connectivity index (χ2v) is 5.87. The first-order chi connectivity index (χ1) is 13.5. The summed E-state index contributed by atoms with van der Waals surface area (Å²) in [5.41, 5.74) is -0.0322. The van der Waals surface area contributed by atoms with Gasteiger partial charge in [0.1, 0.15) is 0 Å². The van der Waals surface area contributed by atoms with E-state index < -0.39 is 36.3 Å². The van der Waals surface area contributed by atoms with Gasteiger partial charge >= 0.3 is 12.3 Å². The molecule has 1 unspecified atom stereocenters. The van der Waals surface area contributed by atoms with Gasteiger partial charge in [-0.1, -0.05) is 0 Å². The van der Waals surface area contributed by atoms with Gasteiger partial charge in [-0.15, -0.1) is 10.2 Å². The standard InChI is InChI=1S/C16H14F6N4O3/c1-3-27-16(21,22)14-25-24-12-5-4-11(29-26(12)14)9-6-10(17)13(23-7-9)28-8(2)15(18,19)20/h4-8,14H,3H2,1-2H3/t8-,14?/m1/s1. The van der Waals surface area contributed by atoms with Gasteiger partial charge in [-0.2, -0.15) is 27.0 Å². The normalized spacial score (nSPS) is 20.0. The van der Waals surface area contributed by atoms with E-state index in [9.17, 15) is 26.3 Å². The van der Waals surface area contributed by atoms with Crippen LogP contribution in [0.15, 0.2) is 40.5 Å². The van der Waals surface area contributed by atoms with Crippen LogP contribution in [0.4, 0.5) is 26.3 Å². The molecule has 0 saturated heterocycles. The third-order valence-electron chi connectivity index (χ3n) is 3.78. The molecular weight excluding hydrogens is 410 g/mol. The molecule has 0 bridgehead atoms. The number of allylic oxidation sites excluding steroid dienone is 2. The van der Waals surface area contributed by atoms with Crippen molar-refractivity contribution < 1.29 is 40.7 Å². The van der Waals surface area contributed by atoms with Crippen molar-refractivity contribution in [1.82, 2.24) is 10.0 Å². The Labute approximate surface area is 160 Å². The fourth-order valence-electron chi connectivity index (χ4n) is 2.32. The van der Waals surface area contributed by atoms with Gasteiger partial charge in [0.15, 0.2) is 23.5 Å². The predicted molar refractivity (Wildman–Crippen MR) is 84.5 cm³/mol. The first kappa shape index (κ1) is 20.9. The van der Waals surface area contributed by atoms with Crippen LogP contribution >= 0.6 is 0 Å². The van der Waals surface area contributed by atoms with Crippen molar-refractivity contribution in [2.45, 2.75) is 38.4 Å². The number of halogens is 6. The summed E-state index contributed by atoms with van der Waals surface area (Å²) in [6, 6.07) is 0.802. The molecule has 0 saturated carbocycles. The number of nitrogens with zero attached hydrogens (tertiary/aromatic N) is 4. The molecule has 2 aliphatic heterocycles. The Morgan fingerprint density at radius 1 is 1.24 bits per heavy atom. The van der Waals surface area contributed by atoms with Crippen LogP contribution in [-0.4, -0.2) is 41.2 Å². The van der Waals surface area contributed by atoms with Gasteiger partial charge in [-0.25, -0.2) is 9.37 Å². The molecule has 2 aliphatic rings. The van der Waals surface area contributed by atoms with Crippen LogP contribution in [0.25, 0.3) is 5.76 Å². The van der Waals surface area contributed by atoms with Crippen molar-refractivity contribution in [3.05, 3.63) is 41.6 Å². The monoisotopic (exact) mass is 424 g/mol. The molecule has 0 fully saturated rings. The fraction of sp³-hybridized carbons (Fsp3) is 0.438. The molecule has 7 nitrogen and oxygen atoms in total. The van der Waals surface area contributed by atoms with Gasteiger partial charge in [0, 0.05) is 11.8 Å². The quantitative estimate of drug-likeness (QED) is 0.634. The Balaban J connectivity index is 1.79. The maximum absolute atomic E-state index is 14.1. The van der Waals surface area contributed by atoms with E-state index in [2.05, 4.69) is 24.7 Å². The minimum atomic E-state index is -4.70. The summed E-state index contributed by atoms with van der Waals surface area (Å²) >= 11 is 0. The zero-order chi connectivity index (χ0) is 21.4. The first-order valence-electron chi connectivity index (χ1n) is 8.24. The molecule has 1 aromatic rings. The van der Waals surface area contributed by atoms with Gasteiger partial charge in [-0.05, 0) is 32.1 Å². The number of hydrogen-bond donors (Lipinski definition) is 0. The number of hydrogen-bond acceptors (Lipinski definition) is 7. The molecule has 0 spiro atoms. The lowest BCUT2D eigenvalue weighted by atomic mass is 10.2. The molecule has 3 heterocycles. The summed E-state index contributed by atoms with van der Waals surface area (Å²) in [5, 5.41) is 7.67. The Morgan fingerprint density at radius 2 is 1.97 bits per heavy atom. The summed E-state index contributed by atoms with van der Waals surface area (Å²) in [6.07, 6.45) is -9.05. The van der Waals surface area contributed by atoms with Crippen LogP contribution in [0.3, 0.4) is 0 Å². The van der Waals surface area contributed by atoms with Crippen molar-refractivity contribution >= 4 is 5.76 Å². The molecule has 1 aromatic heterocycles. The number of fused-ring (bicyclic) bond motifs is 1.